The minimum absolute atomic E-state index is 0.224. The van der Waals surface area contributed by atoms with Crippen LogP contribution in [0.15, 0.2) is 0 Å². The average Bonchev–Trinajstić information content (AvgIpc) is 2.99. The van der Waals surface area contributed by atoms with Gasteiger partial charge in [0.25, 0.3) is 0 Å². The summed E-state index contributed by atoms with van der Waals surface area (Å²) in [6, 6.07) is -0.726. The summed E-state index contributed by atoms with van der Waals surface area (Å²) in [7, 11) is 2.56. The van der Waals surface area contributed by atoms with E-state index in [1.165, 1.54) is 37.3 Å². The largest absolute Gasteiger partial charge is 0.467 e. The van der Waals surface area contributed by atoms with Crippen LogP contribution < -0.4 is 0 Å². The van der Waals surface area contributed by atoms with E-state index < -0.39 is 23.4 Å². The topological polar surface area (TPSA) is 76.2 Å². The molecule has 0 radical (unpaired) electrons. The van der Waals surface area contributed by atoms with Gasteiger partial charge in [-0.2, -0.15) is 0 Å². The fraction of sp³-hybridized carbons (Fsp3) is 0.786. The Balaban J connectivity index is 2.10. The van der Waals surface area contributed by atoms with E-state index in [1.807, 2.05) is 0 Å². The molecule has 0 spiro atoms. The predicted octanol–water partition coefficient (Wildman–Crippen LogP) is 0.0884. The number of amides is 1. The fourth-order valence-corrected chi connectivity index (χ4v) is 4.12. The zero-order valence-electron chi connectivity index (χ0n) is 12.9. The van der Waals surface area contributed by atoms with Gasteiger partial charge in [-0.1, -0.05) is 6.42 Å². The first-order valence-electron chi connectivity index (χ1n) is 7.39. The zero-order chi connectivity index (χ0) is 16.1. The standard InChI is InChI=1S/C14H22N2O5S/c1-20-13(18)10-9-22-12(14(19)21-2)16(10)11(17)8-15-6-4-3-5-7-15/h10,12H,3-9H2,1-2H3. The third-order valence-electron chi connectivity index (χ3n) is 3.97. The summed E-state index contributed by atoms with van der Waals surface area (Å²) in [4.78, 5) is 39.8. The molecule has 0 saturated carbocycles. The molecule has 2 rings (SSSR count). The first-order valence-corrected chi connectivity index (χ1v) is 8.44. The molecule has 7 nitrogen and oxygen atoms in total. The van der Waals surface area contributed by atoms with Crippen molar-refractivity contribution in [2.45, 2.75) is 30.7 Å². The van der Waals surface area contributed by atoms with Gasteiger partial charge < -0.3 is 14.4 Å². The lowest BCUT2D eigenvalue weighted by Crippen LogP contribution is -2.52. The van der Waals surface area contributed by atoms with Gasteiger partial charge in [-0.25, -0.2) is 9.59 Å². The highest BCUT2D eigenvalue weighted by molar-refractivity contribution is 8.00. The molecule has 2 aliphatic rings. The van der Waals surface area contributed by atoms with Crippen molar-refractivity contribution in [1.29, 1.82) is 0 Å². The van der Waals surface area contributed by atoms with E-state index in [4.69, 9.17) is 9.47 Å². The molecular formula is C14H22N2O5S. The maximum absolute atomic E-state index is 12.6. The highest BCUT2D eigenvalue weighted by atomic mass is 32.2. The molecule has 0 bridgehead atoms. The number of piperidine rings is 1. The summed E-state index contributed by atoms with van der Waals surface area (Å²) >= 11 is 1.24. The molecule has 124 valence electrons. The minimum atomic E-state index is -0.772. The van der Waals surface area contributed by atoms with Gasteiger partial charge >= 0.3 is 11.9 Å². The quantitative estimate of drug-likeness (QED) is 0.676. The second-order valence-electron chi connectivity index (χ2n) is 5.39. The average molecular weight is 330 g/mol. The van der Waals surface area contributed by atoms with Crippen molar-refractivity contribution < 1.29 is 23.9 Å². The maximum Gasteiger partial charge on any atom is 0.339 e. The van der Waals surface area contributed by atoms with Crippen LogP contribution in [-0.4, -0.2) is 78.7 Å². The maximum atomic E-state index is 12.6. The van der Waals surface area contributed by atoms with Crippen LogP contribution in [0.2, 0.25) is 0 Å². The number of hydrogen-bond acceptors (Lipinski definition) is 7. The third kappa shape index (κ3) is 3.73. The zero-order valence-corrected chi connectivity index (χ0v) is 13.8. The van der Waals surface area contributed by atoms with Gasteiger partial charge in [0.2, 0.25) is 5.91 Å². The third-order valence-corrected chi connectivity index (χ3v) is 5.22. The molecule has 0 N–H and O–H groups in total. The number of carbonyl (C=O) groups excluding carboxylic acids is 3. The molecule has 0 aromatic carbocycles. The Bertz CT molecular complexity index is 415. The summed E-state index contributed by atoms with van der Waals surface area (Å²) in [6.45, 7) is 1.97. The van der Waals surface area contributed by atoms with Crippen molar-refractivity contribution >= 4 is 29.6 Å². The molecule has 2 aliphatic heterocycles. The molecule has 8 heteroatoms. The summed E-state index contributed by atoms with van der Waals surface area (Å²) in [5, 5.41) is -0.772. The van der Waals surface area contributed by atoms with Crippen molar-refractivity contribution in [2.24, 2.45) is 0 Å². The van der Waals surface area contributed by atoms with Crippen LogP contribution in [-0.2, 0) is 23.9 Å². The van der Waals surface area contributed by atoms with E-state index >= 15 is 0 Å². The first kappa shape index (κ1) is 17.1. The number of rotatable bonds is 4. The highest BCUT2D eigenvalue weighted by Crippen LogP contribution is 2.31. The second-order valence-corrected chi connectivity index (χ2v) is 6.50. The minimum Gasteiger partial charge on any atom is -0.467 e. The van der Waals surface area contributed by atoms with Gasteiger partial charge in [-0.15, -0.1) is 11.8 Å². The number of hydrogen-bond donors (Lipinski definition) is 0. The van der Waals surface area contributed by atoms with Crippen LogP contribution in [0.3, 0.4) is 0 Å². The molecule has 0 aromatic heterocycles. The van der Waals surface area contributed by atoms with Gasteiger partial charge in [0.1, 0.15) is 6.04 Å². The molecule has 2 heterocycles. The van der Waals surface area contributed by atoms with E-state index in [1.54, 1.807) is 0 Å². The Morgan fingerprint density at radius 1 is 1.05 bits per heavy atom. The number of thioether (sulfide) groups is 1. The molecular weight excluding hydrogens is 308 g/mol. The summed E-state index contributed by atoms with van der Waals surface area (Å²) in [6.07, 6.45) is 3.33. The Morgan fingerprint density at radius 2 is 1.68 bits per heavy atom. The van der Waals surface area contributed by atoms with Gasteiger partial charge in [-0.05, 0) is 25.9 Å². The lowest BCUT2D eigenvalue weighted by molar-refractivity contribution is -0.157. The van der Waals surface area contributed by atoms with Crippen LogP contribution >= 0.6 is 11.8 Å². The number of carbonyl (C=O) groups is 3. The van der Waals surface area contributed by atoms with Crippen LogP contribution in [0.5, 0.6) is 0 Å². The molecule has 0 aromatic rings. The Kier molecular flexibility index (Phi) is 6.07. The number of likely N-dealkylation sites (tertiary alicyclic amines) is 1. The monoisotopic (exact) mass is 330 g/mol. The van der Waals surface area contributed by atoms with Crippen LogP contribution in [0.1, 0.15) is 19.3 Å². The lowest BCUT2D eigenvalue weighted by atomic mass is 10.1. The summed E-state index contributed by atoms with van der Waals surface area (Å²) < 4.78 is 9.50. The normalized spacial score (nSPS) is 25.8. The van der Waals surface area contributed by atoms with E-state index in [2.05, 4.69) is 4.90 Å². The molecule has 22 heavy (non-hydrogen) atoms. The van der Waals surface area contributed by atoms with Crippen molar-refractivity contribution in [2.75, 3.05) is 39.6 Å². The lowest BCUT2D eigenvalue weighted by Gasteiger charge is -2.31. The van der Waals surface area contributed by atoms with Crippen molar-refractivity contribution in [3.8, 4) is 0 Å². The molecule has 0 aliphatic carbocycles. The number of esters is 2. The van der Waals surface area contributed by atoms with Gasteiger partial charge in [-0.3, -0.25) is 9.69 Å². The van der Waals surface area contributed by atoms with Crippen LogP contribution in [0.25, 0.3) is 0 Å². The Morgan fingerprint density at radius 3 is 2.27 bits per heavy atom. The Labute approximate surface area is 134 Å². The number of nitrogens with zero attached hydrogens (tertiary/aromatic N) is 2. The highest BCUT2D eigenvalue weighted by Gasteiger charge is 2.46. The number of ether oxygens (including phenoxy) is 2. The second kappa shape index (κ2) is 7.82. The van der Waals surface area contributed by atoms with E-state index in [9.17, 15) is 14.4 Å². The van der Waals surface area contributed by atoms with Crippen molar-refractivity contribution in [1.82, 2.24) is 9.80 Å². The van der Waals surface area contributed by atoms with E-state index in [0.717, 1.165) is 25.9 Å². The molecule has 2 fully saturated rings. The van der Waals surface area contributed by atoms with Gasteiger partial charge in [0.15, 0.2) is 5.37 Å². The molecule has 2 atom stereocenters. The van der Waals surface area contributed by atoms with Crippen molar-refractivity contribution in [3.63, 3.8) is 0 Å². The van der Waals surface area contributed by atoms with Crippen molar-refractivity contribution in [3.05, 3.63) is 0 Å². The first-order chi connectivity index (χ1) is 10.6. The number of methoxy groups -OCH3 is 2. The summed E-state index contributed by atoms with van der Waals surface area (Å²) in [5.41, 5.74) is 0. The van der Waals surface area contributed by atoms with Crippen LogP contribution in [0, 0.1) is 0 Å². The predicted molar refractivity (Wildman–Crippen MR) is 81.2 cm³/mol. The van der Waals surface area contributed by atoms with Gasteiger partial charge in [0.05, 0.1) is 20.8 Å². The molecule has 2 unspecified atom stereocenters. The van der Waals surface area contributed by atoms with E-state index in [0.29, 0.717) is 5.75 Å². The van der Waals surface area contributed by atoms with Crippen LogP contribution in [0.4, 0.5) is 0 Å². The SMILES string of the molecule is COC(=O)C1CSC(C(=O)OC)N1C(=O)CN1CCCCC1. The smallest absolute Gasteiger partial charge is 0.339 e. The van der Waals surface area contributed by atoms with E-state index in [-0.39, 0.29) is 12.5 Å². The van der Waals surface area contributed by atoms with Gasteiger partial charge in [0, 0.05) is 5.75 Å². The molecule has 1 amide bonds. The Hall–Kier alpha value is -1.28. The summed E-state index contributed by atoms with van der Waals surface area (Å²) in [5.74, 6) is -0.884. The molecule has 2 saturated heterocycles. The fourth-order valence-electron chi connectivity index (χ4n) is 2.80.